The quantitative estimate of drug-likeness (QED) is 0.758. The summed E-state index contributed by atoms with van der Waals surface area (Å²) in [6, 6.07) is 6.69. The second-order valence-electron chi connectivity index (χ2n) is 6.99. The predicted octanol–water partition coefficient (Wildman–Crippen LogP) is 3.17. The molecule has 0 N–H and O–H groups in total. The van der Waals surface area contributed by atoms with Gasteiger partial charge in [-0.3, -0.25) is 0 Å². The Morgan fingerprint density at radius 2 is 1.63 bits per heavy atom. The van der Waals surface area contributed by atoms with Crippen LogP contribution < -0.4 is 5.46 Å². The van der Waals surface area contributed by atoms with Gasteiger partial charge in [-0.05, 0) is 64.4 Å². The highest BCUT2D eigenvalue weighted by Crippen LogP contribution is 2.41. The molecule has 102 valence electrons. The van der Waals surface area contributed by atoms with Gasteiger partial charge in [0, 0.05) is 0 Å². The summed E-state index contributed by atoms with van der Waals surface area (Å²) >= 11 is 0. The molecular weight excluding hydrogens is 235 g/mol. The van der Waals surface area contributed by atoms with Crippen LogP contribution >= 0.6 is 0 Å². The highest BCUT2D eigenvalue weighted by atomic mass is 16.7. The molecule has 0 spiro atoms. The van der Waals surface area contributed by atoms with E-state index in [0.29, 0.717) is 0 Å². The van der Waals surface area contributed by atoms with Crippen molar-refractivity contribution in [1.29, 1.82) is 0 Å². The van der Waals surface area contributed by atoms with E-state index in [1.54, 1.807) is 0 Å². The second-order valence-corrected chi connectivity index (χ2v) is 6.99. The minimum absolute atomic E-state index is 0.222. The van der Waals surface area contributed by atoms with Gasteiger partial charge in [0.15, 0.2) is 0 Å². The summed E-state index contributed by atoms with van der Waals surface area (Å²) in [6.07, 6.45) is 2.60. The Morgan fingerprint density at radius 3 is 2.16 bits per heavy atom. The molecule has 2 aliphatic rings. The summed E-state index contributed by atoms with van der Waals surface area (Å²) < 4.78 is 12.4. The normalized spacial score (nSPS) is 24.8. The van der Waals surface area contributed by atoms with Crippen LogP contribution in [0.15, 0.2) is 18.2 Å². The molecule has 0 bridgehead atoms. The molecule has 1 aliphatic carbocycles. The van der Waals surface area contributed by atoms with Crippen molar-refractivity contribution in [1.82, 2.24) is 0 Å². The summed E-state index contributed by atoms with van der Waals surface area (Å²) in [5.41, 5.74) is 3.41. The molecule has 1 heterocycles. The van der Waals surface area contributed by atoms with Gasteiger partial charge < -0.3 is 9.31 Å². The lowest BCUT2D eigenvalue weighted by atomic mass is 9.74. The molecule has 19 heavy (non-hydrogen) atoms. The van der Waals surface area contributed by atoms with Crippen LogP contribution in [0.1, 0.15) is 57.6 Å². The molecule has 3 rings (SSSR count). The summed E-state index contributed by atoms with van der Waals surface area (Å²) in [7, 11) is -0.222. The summed E-state index contributed by atoms with van der Waals surface area (Å²) in [5.74, 6) is 0.717. The molecule has 2 fully saturated rings. The number of hydrogen-bond donors (Lipinski definition) is 0. The van der Waals surface area contributed by atoms with Crippen molar-refractivity contribution in [3.05, 3.63) is 29.3 Å². The standard InChI is InChI=1S/C16H23BO2/c1-11-6-9-13(12-7-8-12)14(10-11)17-18-15(2,3)16(4,5)19-17/h6,9-10,12H,7-8H2,1-5H3. The lowest BCUT2D eigenvalue weighted by Gasteiger charge is -2.32. The Balaban J connectivity index is 1.97. The lowest BCUT2D eigenvalue weighted by molar-refractivity contribution is 0.00578. The number of rotatable bonds is 2. The fraction of sp³-hybridized carbons (Fsp3) is 0.625. The highest BCUT2D eigenvalue weighted by molar-refractivity contribution is 6.62. The minimum Gasteiger partial charge on any atom is -0.399 e. The van der Waals surface area contributed by atoms with Crippen LogP contribution in [0, 0.1) is 6.92 Å². The lowest BCUT2D eigenvalue weighted by Crippen LogP contribution is -2.41. The van der Waals surface area contributed by atoms with Gasteiger partial charge in [-0.1, -0.05) is 23.8 Å². The second kappa shape index (κ2) is 4.10. The first-order valence-corrected chi connectivity index (χ1v) is 7.26. The van der Waals surface area contributed by atoms with E-state index < -0.39 is 0 Å². The van der Waals surface area contributed by atoms with Crippen LogP contribution in [0.4, 0.5) is 0 Å². The Hall–Kier alpha value is -0.795. The summed E-state index contributed by atoms with van der Waals surface area (Å²) in [4.78, 5) is 0. The maximum Gasteiger partial charge on any atom is 0.495 e. The van der Waals surface area contributed by atoms with Gasteiger partial charge in [0.05, 0.1) is 11.2 Å². The monoisotopic (exact) mass is 258 g/mol. The SMILES string of the molecule is Cc1ccc(C2CC2)c(B2OC(C)(C)C(C)(C)O2)c1. The third-order valence-electron chi connectivity index (χ3n) is 4.77. The third kappa shape index (κ3) is 2.23. The molecule has 0 unspecified atom stereocenters. The van der Waals surface area contributed by atoms with Crippen molar-refractivity contribution in [3.8, 4) is 0 Å². The maximum absolute atomic E-state index is 6.20. The first kappa shape index (κ1) is 13.2. The van der Waals surface area contributed by atoms with E-state index >= 15 is 0 Å². The predicted molar refractivity (Wildman–Crippen MR) is 78.9 cm³/mol. The van der Waals surface area contributed by atoms with Crippen LogP contribution in [0.5, 0.6) is 0 Å². The average molecular weight is 258 g/mol. The van der Waals surface area contributed by atoms with Crippen molar-refractivity contribution in [2.45, 2.75) is 64.6 Å². The Kier molecular flexibility index (Phi) is 2.85. The Bertz CT molecular complexity index is 487. The van der Waals surface area contributed by atoms with Crippen molar-refractivity contribution >= 4 is 12.6 Å². The Labute approximate surface area is 116 Å². The largest absolute Gasteiger partial charge is 0.495 e. The van der Waals surface area contributed by atoms with E-state index in [9.17, 15) is 0 Å². The van der Waals surface area contributed by atoms with Gasteiger partial charge in [-0.25, -0.2) is 0 Å². The van der Waals surface area contributed by atoms with Crippen molar-refractivity contribution < 1.29 is 9.31 Å². The van der Waals surface area contributed by atoms with Gasteiger partial charge in [0.2, 0.25) is 0 Å². The van der Waals surface area contributed by atoms with Crippen LogP contribution in [0.2, 0.25) is 0 Å². The smallest absolute Gasteiger partial charge is 0.399 e. The number of aryl methyl sites for hydroxylation is 1. The van der Waals surface area contributed by atoms with Crippen molar-refractivity contribution in [3.63, 3.8) is 0 Å². The molecule has 1 aliphatic heterocycles. The molecule has 0 aromatic heterocycles. The number of benzene rings is 1. The van der Waals surface area contributed by atoms with E-state index in [1.165, 1.54) is 29.4 Å². The van der Waals surface area contributed by atoms with Gasteiger partial charge in [0.1, 0.15) is 0 Å². The zero-order valence-electron chi connectivity index (χ0n) is 12.6. The molecule has 0 amide bonds. The van der Waals surface area contributed by atoms with Crippen molar-refractivity contribution in [2.75, 3.05) is 0 Å². The van der Waals surface area contributed by atoms with Gasteiger partial charge >= 0.3 is 7.12 Å². The maximum atomic E-state index is 6.20. The highest BCUT2D eigenvalue weighted by Gasteiger charge is 2.52. The van der Waals surface area contributed by atoms with Gasteiger partial charge in [0.25, 0.3) is 0 Å². The molecule has 0 atom stereocenters. The summed E-state index contributed by atoms with van der Waals surface area (Å²) in [5, 5.41) is 0. The van der Waals surface area contributed by atoms with E-state index in [4.69, 9.17) is 9.31 Å². The number of hydrogen-bond acceptors (Lipinski definition) is 2. The topological polar surface area (TPSA) is 18.5 Å². The van der Waals surface area contributed by atoms with Crippen molar-refractivity contribution in [2.24, 2.45) is 0 Å². The molecule has 3 heteroatoms. The fourth-order valence-electron chi connectivity index (χ4n) is 2.63. The molecule has 1 saturated carbocycles. The molecular formula is C16H23BO2. The first-order valence-electron chi connectivity index (χ1n) is 7.26. The van der Waals surface area contributed by atoms with Crippen LogP contribution in [0.25, 0.3) is 0 Å². The Morgan fingerprint density at radius 1 is 1.05 bits per heavy atom. The van der Waals surface area contributed by atoms with Gasteiger partial charge in [-0.15, -0.1) is 0 Å². The first-order chi connectivity index (χ1) is 8.80. The van der Waals surface area contributed by atoms with E-state index in [1.807, 2.05) is 0 Å². The zero-order valence-corrected chi connectivity index (χ0v) is 12.6. The molecule has 1 aromatic rings. The zero-order chi connectivity index (χ0) is 13.8. The minimum atomic E-state index is -0.262. The average Bonchev–Trinajstić information content (AvgIpc) is 3.07. The molecule has 2 nitrogen and oxygen atoms in total. The summed E-state index contributed by atoms with van der Waals surface area (Å²) in [6.45, 7) is 10.6. The van der Waals surface area contributed by atoms with Crippen LogP contribution in [0.3, 0.4) is 0 Å². The molecule has 1 saturated heterocycles. The third-order valence-corrected chi connectivity index (χ3v) is 4.77. The van der Waals surface area contributed by atoms with E-state index in [2.05, 4.69) is 52.8 Å². The van der Waals surface area contributed by atoms with Crippen LogP contribution in [-0.2, 0) is 9.31 Å². The van der Waals surface area contributed by atoms with Gasteiger partial charge in [-0.2, -0.15) is 0 Å². The molecule has 0 radical (unpaired) electrons. The fourth-order valence-corrected chi connectivity index (χ4v) is 2.63. The van der Waals surface area contributed by atoms with E-state index in [-0.39, 0.29) is 18.3 Å². The van der Waals surface area contributed by atoms with E-state index in [0.717, 1.165) is 5.92 Å². The molecule has 1 aromatic carbocycles. The van der Waals surface area contributed by atoms with Crippen LogP contribution in [-0.4, -0.2) is 18.3 Å².